The van der Waals surface area contributed by atoms with Gasteiger partial charge in [-0.25, -0.2) is 4.79 Å². The Kier molecular flexibility index (Phi) is 5.55. The molecule has 0 aromatic heterocycles. The third kappa shape index (κ3) is 3.85. The van der Waals surface area contributed by atoms with Crippen molar-refractivity contribution < 1.29 is 14.3 Å². The van der Waals surface area contributed by atoms with Crippen LogP contribution in [0, 0.1) is 0 Å². The number of ether oxygens (including phenoxy) is 1. The molecule has 0 spiro atoms. The van der Waals surface area contributed by atoms with Crippen LogP contribution in [0.2, 0.25) is 0 Å². The summed E-state index contributed by atoms with van der Waals surface area (Å²) < 4.78 is 4.70. The minimum absolute atomic E-state index is 0.0651. The molecule has 1 atom stereocenters. The number of amides is 1. The molecular weight excluding hydrogens is 280 g/mol. The van der Waals surface area contributed by atoms with Gasteiger partial charge in [0.05, 0.1) is 12.7 Å². The highest BCUT2D eigenvalue weighted by molar-refractivity contribution is 5.97. The predicted molar refractivity (Wildman–Crippen MR) is 85.0 cm³/mol. The van der Waals surface area contributed by atoms with E-state index in [2.05, 4.69) is 11.9 Å². The summed E-state index contributed by atoms with van der Waals surface area (Å²) in [5.74, 6) is -0.492. The Balaban J connectivity index is 2.05. The lowest BCUT2D eigenvalue weighted by Crippen LogP contribution is -2.45. The zero-order valence-corrected chi connectivity index (χ0v) is 13.5. The van der Waals surface area contributed by atoms with Gasteiger partial charge in [0.15, 0.2) is 0 Å². The first-order valence-electron chi connectivity index (χ1n) is 7.67. The van der Waals surface area contributed by atoms with E-state index in [9.17, 15) is 9.59 Å². The number of carbonyl (C=O) groups is 2. The Morgan fingerprint density at radius 3 is 2.73 bits per heavy atom. The number of likely N-dealkylation sites (N-methyl/N-ethyl adjacent to an activating group) is 2. The Bertz CT molecular complexity index is 544. The maximum atomic E-state index is 12.5. The van der Waals surface area contributed by atoms with Gasteiger partial charge in [0.25, 0.3) is 5.91 Å². The monoisotopic (exact) mass is 304 g/mol. The number of likely N-dealkylation sites (tertiary alicyclic amines) is 1. The van der Waals surface area contributed by atoms with Gasteiger partial charge < -0.3 is 14.5 Å². The van der Waals surface area contributed by atoms with E-state index >= 15 is 0 Å². The highest BCUT2D eigenvalue weighted by Crippen LogP contribution is 2.17. The van der Waals surface area contributed by atoms with E-state index in [1.807, 2.05) is 7.05 Å². The molecule has 1 aromatic rings. The van der Waals surface area contributed by atoms with Crippen LogP contribution in [-0.2, 0) is 4.74 Å². The number of carbonyl (C=O) groups excluding carboxylic acids is 2. The lowest BCUT2D eigenvalue weighted by Gasteiger charge is -2.35. The summed E-state index contributed by atoms with van der Waals surface area (Å²) in [5.41, 5.74) is 0.917. The number of rotatable bonds is 4. The second-order valence-electron chi connectivity index (χ2n) is 5.89. The molecule has 5 nitrogen and oxygen atoms in total. The van der Waals surface area contributed by atoms with Crippen LogP contribution < -0.4 is 0 Å². The molecule has 120 valence electrons. The Morgan fingerprint density at radius 1 is 1.32 bits per heavy atom. The molecule has 22 heavy (non-hydrogen) atoms. The van der Waals surface area contributed by atoms with E-state index in [1.165, 1.54) is 20.0 Å². The molecule has 1 fully saturated rings. The number of hydrogen-bond acceptors (Lipinski definition) is 4. The molecule has 5 heteroatoms. The molecule has 0 unspecified atom stereocenters. The number of esters is 1. The Labute approximate surface area is 131 Å². The molecule has 1 amide bonds. The second-order valence-corrected chi connectivity index (χ2v) is 5.89. The first-order valence-corrected chi connectivity index (χ1v) is 7.67. The van der Waals surface area contributed by atoms with Crippen LogP contribution in [0.1, 0.15) is 40.0 Å². The van der Waals surface area contributed by atoms with Crippen molar-refractivity contribution in [3.8, 4) is 0 Å². The molecule has 1 aliphatic heterocycles. The maximum Gasteiger partial charge on any atom is 0.337 e. The van der Waals surface area contributed by atoms with Gasteiger partial charge in [0.2, 0.25) is 0 Å². The maximum absolute atomic E-state index is 12.5. The Hall–Kier alpha value is -1.88. The summed E-state index contributed by atoms with van der Waals surface area (Å²) in [7, 11) is 5.26. The summed E-state index contributed by atoms with van der Waals surface area (Å²) in [6.45, 7) is 1.79. The van der Waals surface area contributed by atoms with Crippen molar-refractivity contribution >= 4 is 11.9 Å². The Morgan fingerprint density at radius 2 is 2.05 bits per heavy atom. The average molecular weight is 304 g/mol. The van der Waals surface area contributed by atoms with E-state index in [0.717, 1.165) is 13.0 Å². The van der Waals surface area contributed by atoms with Crippen LogP contribution in [0.3, 0.4) is 0 Å². The van der Waals surface area contributed by atoms with Crippen molar-refractivity contribution in [3.63, 3.8) is 0 Å². The number of piperidine rings is 1. The fourth-order valence-corrected chi connectivity index (χ4v) is 2.89. The van der Waals surface area contributed by atoms with Gasteiger partial charge in [-0.15, -0.1) is 0 Å². The van der Waals surface area contributed by atoms with Crippen molar-refractivity contribution in [2.24, 2.45) is 0 Å². The first kappa shape index (κ1) is 16.5. The lowest BCUT2D eigenvalue weighted by molar-refractivity contribution is 0.0600. The third-order valence-electron chi connectivity index (χ3n) is 4.28. The summed E-state index contributed by atoms with van der Waals surface area (Å²) in [5, 5.41) is 0. The second kappa shape index (κ2) is 7.40. The van der Waals surface area contributed by atoms with Gasteiger partial charge in [0, 0.05) is 25.2 Å². The summed E-state index contributed by atoms with van der Waals surface area (Å²) in [6.07, 6.45) is 3.57. The van der Waals surface area contributed by atoms with Crippen molar-refractivity contribution in [2.75, 3.05) is 34.3 Å². The molecule has 1 aromatic carbocycles. The average Bonchev–Trinajstić information content (AvgIpc) is 2.55. The van der Waals surface area contributed by atoms with E-state index in [0.29, 0.717) is 23.7 Å². The minimum Gasteiger partial charge on any atom is -0.465 e. The standard InChI is InChI=1S/C17H24N2O3/c1-18-10-5-4-9-15(18)12-19(2)16(20)13-7-6-8-14(11-13)17(21)22-3/h6-8,11,15H,4-5,9-10,12H2,1-3H3/t15-/m1/s1. The first-order chi connectivity index (χ1) is 10.5. The van der Waals surface area contributed by atoms with Crippen LogP contribution >= 0.6 is 0 Å². The van der Waals surface area contributed by atoms with Crippen molar-refractivity contribution in [1.82, 2.24) is 9.80 Å². The van der Waals surface area contributed by atoms with Crippen molar-refractivity contribution in [1.29, 1.82) is 0 Å². The molecular formula is C17H24N2O3. The molecule has 1 saturated heterocycles. The molecule has 1 aliphatic rings. The number of nitrogens with zero attached hydrogens (tertiary/aromatic N) is 2. The van der Waals surface area contributed by atoms with Crippen LogP contribution in [0.25, 0.3) is 0 Å². The van der Waals surface area contributed by atoms with Crippen molar-refractivity contribution in [3.05, 3.63) is 35.4 Å². The van der Waals surface area contributed by atoms with Gasteiger partial charge in [-0.05, 0) is 44.6 Å². The van der Waals surface area contributed by atoms with Gasteiger partial charge >= 0.3 is 5.97 Å². The molecule has 0 radical (unpaired) electrons. The van der Waals surface area contributed by atoms with E-state index in [1.54, 1.807) is 29.2 Å². The van der Waals surface area contributed by atoms with Crippen LogP contribution in [0.5, 0.6) is 0 Å². The van der Waals surface area contributed by atoms with Crippen LogP contribution in [0.4, 0.5) is 0 Å². The summed E-state index contributed by atoms with van der Waals surface area (Å²) in [6, 6.07) is 7.09. The predicted octanol–water partition coefficient (Wildman–Crippen LogP) is 2.03. The van der Waals surface area contributed by atoms with Gasteiger partial charge in [-0.1, -0.05) is 12.5 Å². The SMILES string of the molecule is COC(=O)c1cccc(C(=O)N(C)C[C@H]2CCCCN2C)c1. The third-order valence-corrected chi connectivity index (χ3v) is 4.28. The van der Waals surface area contributed by atoms with Crippen LogP contribution in [0.15, 0.2) is 24.3 Å². The summed E-state index contributed by atoms with van der Waals surface area (Å²) in [4.78, 5) is 28.2. The topological polar surface area (TPSA) is 49.9 Å². The molecule has 0 aliphatic carbocycles. The normalized spacial score (nSPS) is 18.8. The quantitative estimate of drug-likeness (QED) is 0.799. The zero-order chi connectivity index (χ0) is 16.1. The molecule has 0 saturated carbocycles. The molecule has 2 rings (SSSR count). The van der Waals surface area contributed by atoms with E-state index in [4.69, 9.17) is 4.74 Å². The number of methoxy groups -OCH3 is 1. The summed E-state index contributed by atoms with van der Waals surface area (Å²) >= 11 is 0. The number of hydrogen-bond donors (Lipinski definition) is 0. The highest BCUT2D eigenvalue weighted by atomic mass is 16.5. The largest absolute Gasteiger partial charge is 0.465 e. The molecule has 0 N–H and O–H groups in total. The highest BCUT2D eigenvalue weighted by Gasteiger charge is 2.23. The van der Waals surface area contributed by atoms with E-state index < -0.39 is 5.97 Å². The van der Waals surface area contributed by atoms with Crippen molar-refractivity contribution in [2.45, 2.75) is 25.3 Å². The zero-order valence-electron chi connectivity index (χ0n) is 13.5. The number of benzene rings is 1. The van der Waals surface area contributed by atoms with Gasteiger partial charge in [0.1, 0.15) is 0 Å². The fourth-order valence-electron chi connectivity index (χ4n) is 2.89. The molecule has 1 heterocycles. The smallest absolute Gasteiger partial charge is 0.337 e. The molecule has 0 bridgehead atoms. The fraction of sp³-hybridized carbons (Fsp3) is 0.529. The minimum atomic E-state index is -0.427. The van der Waals surface area contributed by atoms with Crippen LogP contribution in [-0.4, -0.2) is 62.0 Å². The van der Waals surface area contributed by atoms with E-state index in [-0.39, 0.29) is 5.91 Å². The van der Waals surface area contributed by atoms with Gasteiger partial charge in [-0.3, -0.25) is 4.79 Å². The van der Waals surface area contributed by atoms with Gasteiger partial charge in [-0.2, -0.15) is 0 Å². The lowest BCUT2D eigenvalue weighted by atomic mass is 10.0.